The van der Waals surface area contributed by atoms with Crippen molar-refractivity contribution in [3.63, 3.8) is 0 Å². The molecule has 0 bridgehead atoms. The molecular weight excluding hydrogens is 169 g/mol. The number of halogens is 1. The van der Waals surface area contributed by atoms with Crippen molar-refractivity contribution in [3.05, 3.63) is 35.1 Å². The zero-order chi connectivity index (χ0) is 9.68. The molecule has 0 spiro atoms. The van der Waals surface area contributed by atoms with Crippen LogP contribution < -0.4 is 5.73 Å². The topological polar surface area (TPSA) is 35.2 Å². The van der Waals surface area contributed by atoms with Crippen LogP contribution in [0, 0.1) is 5.82 Å². The van der Waals surface area contributed by atoms with Crippen molar-refractivity contribution in [2.75, 3.05) is 6.61 Å². The van der Waals surface area contributed by atoms with E-state index in [4.69, 9.17) is 10.5 Å². The second kappa shape index (κ2) is 4.94. The molecule has 1 aromatic rings. The van der Waals surface area contributed by atoms with E-state index in [-0.39, 0.29) is 12.4 Å². The Hall–Kier alpha value is -0.930. The van der Waals surface area contributed by atoms with E-state index in [2.05, 4.69) is 0 Å². The van der Waals surface area contributed by atoms with E-state index in [0.717, 1.165) is 5.56 Å². The monoisotopic (exact) mass is 183 g/mol. The Morgan fingerprint density at radius 1 is 1.46 bits per heavy atom. The molecule has 0 aliphatic carbocycles. The fourth-order valence-electron chi connectivity index (χ4n) is 1.09. The summed E-state index contributed by atoms with van der Waals surface area (Å²) in [4.78, 5) is 0. The molecule has 0 unspecified atom stereocenters. The maximum absolute atomic E-state index is 13.0. The SMILES string of the molecule is CCOCc1ccc(F)c(CN)c1. The van der Waals surface area contributed by atoms with Crippen LogP contribution in [0.15, 0.2) is 18.2 Å². The van der Waals surface area contributed by atoms with Crippen LogP contribution in [0.1, 0.15) is 18.1 Å². The number of rotatable bonds is 4. The fraction of sp³-hybridized carbons (Fsp3) is 0.400. The van der Waals surface area contributed by atoms with Gasteiger partial charge in [-0.15, -0.1) is 0 Å². The molecule has 13 heavy (non-hydrogen) atoms. The van der Waals surface area contributed by atoms with E-state index >= 15 is 0 Å². The van der Waals surface area contributed by atoms with E-state index in [1.165, 1.54) is 6.07 Å². The van der Waals surface area contributed by atoms with Crippen LogP contribution in [0.3, 0.4) is 0 Å². The molecule has 0 amide bonds. The van der Waals surface area contributed by atoms with Gasteiger partial charge >= 0.3 is 0 Å². The number of hydrogen-bond acceptors (Lipinski definition) is 2. The quantitative estimate of drug-likeness (QED) is 0.772. The highest BCUT2D eigenvalue weighted by Gasteiger charge is 2.01. The predicted molar refractivity (Wildman–Crippen MR) is 49.6 cm³/mol. The lowest BCUT2D eigenvalue weighted by atomic mass is 10.1. The summed E-state index contributed by atoms with van der Waals surface area (Å²) in [6.07, 6.45) is 0. The van der Waals surface area contributed by atoms with Crippen LogP contribution in [-0.4, -0.2) is 6.61 Å². The highest BCUT2D eigenvalue weighted by molar-refractivity contribution is 5.24. The molecule has 0 aliphatic heterocycles. The van der Waals surface area contributed by atoms with Gasteiger partial charge in [0.1, 0.15) is 5.82 Å². The molecule has 0 aliphatic rings. The summed E-state index contributed by atoms with van der Waals surface area (Å²) in [7, 11) is 0. The standard InChI is InChI=1S/C10H14FNO/c1-2-13-7-8-3-4-10(11)9(5-8)6-12/h3-5H,2,6-7,12H2,1H3. The highest BCUT2D eigenvalue weighted by atomic mass is 19.1. The summed E-state index contributed by atoms with van der Waals surface area (Å²) in [6, 6.07) is 4.88. The molecule has 0 saturated carbocycles. The molecule has 0 atom stereocenters. The number of nitrogens with two attached hydrogens (primary N) is 1. The normalized spacial score (nSPS) is 10.4. The van der Waals surface area contributed by atoms with Crippen LogP contribution in [0.2, 0.25) is 0 Å². The molecule has 0 saturated heterocycles. The van der Waals surface area contributed by atoms with E-state index in [1.54, 1.807) is 12.1 Å². The second-order valence-corrected chi connectivity index (χ2v) is 2.77. The first kappa shape index (κ1) is 10.2. The highest BCUT2D eigenvalue weighted by Crippen LogP contribution is 2.10. The first-order chi connectivity index (χ1) is 6.27. The van der Waals surface area contributed by atoms with E-state index in [1.807, 2.05) is 6.92 Å². The van der Waals surface area contributed by atoms with Crippen molar-refractivity contribution in [2.45, 2.75) is 20.1 Å². The lowest BCUT2D eigenvalue weighted by molar-refractivity contribution is 0.134. The molecule has 0 fully saturated rings. The first-order valence-electron chi connectivity index (χ1n) is 4.33. The Morgan fingerprint density at radius 3 is 2.85 bits per heavy atom. The van der Waals surface area contributed by atoms with Crippen molar-refractivity contribution in [2.24, 2.45) is 5.73 Å². The van der Waals surface area contributed by atoms with E-state index in [9.17, 15) is 4.39 Å². The predicted octanol–water partition coefficient (Wildman–Crippen LogP) is 1.82. The maximum atomic E-state index is 13.0. The van der Waals surface area contributed by atoms with Gasteiger partial charge < -0.3 is 10.5 Å². The van der Waals surface area contributed by atoms with Crippen molar-refractivity contribution in [1.82, 2.24) is 0 Å². The molecule has 2 nitrogen and oxygen atoms in total. The van der Waals surface area contributed by atoms with Gasteiger partial charge in [-0.2, -0.15) is 0 Å². The zero-order valence-corrected chi connectivity index (χ0v) is 7.72. The van der Waals surface area contributed by atoms with Gasteiger partial charge in [0.2, 0.25) is 0 Å². The van der Waals surface area contributed by atoms with E-state index in [0.29, 0.717) is 18.8 Å². The van der Waals surface area contributed by atoms with Gasteiger partial charge in [-0.05, 0) is 24.6 Å². The Kier molecular flexibility index (Phi) is 3.86. The van der Waals surface area contributed by atoms with Gasteiger partial charge in [-0.1, -0.05) is 6.07 Å². The lowest BCUT2D eigenvalue weighted by Crippen LogP contribution is -2.01. The maximum Gasteiger partial charge on any atom is 0.127 e. The average molecular weight is 183 g/mol. The average Bonchev–Trinajstić information content (AvgIpc) is 2.16. The Balaban J connectivity index is 2.74. The molecule has 0 aromatic heterocycles. The van der Waals surface area contributed by atoms with Gasteiger partial charge in [-0.25, -0.2) is 4.39 Å². The Labute approximate surface area is 77.5 Å². The molecule has 72 valence electrons. The third-order valence-corrected chi connectivity index (χ3v) is 1.80. The van der Waals surface area contributed by atoms with Crippen LogP contribution in [0.5, 0.6) is 0 Å². The van der Waals surface area contributed by atoms with Gasteiger partial charge in [0.15, 0.2) is 0 Å². The molecular formula is C10H14FNO. The summed E-state index contributed by atoms with van der Waals surface area (Å²) in [5, 5.41) is 0. The van der Waals surface area contributed by atoms with Gasteiger partial charge in [-0.3, -0.25) is 0 Å². The fourth-order valence-corrected chi connectivity index (χ4v) is 1.09. The van der Waals surface area contributed by atoms with Gasteiger partial charge in [0, 0.05) is 18.7 Å². The summed E-state index contributed by atoms with van der Waals surface area (Å²) < 4.78 is 18.2. The molecule has 0 radical (unpaired) electrons. The summed E-state index contributed by atoms with van der Waals surface area (Å²) in [5.41, 5.74) is 6.87. The second-order valence-electron chi connectivity index (χ2n) is 2.77. The molecule has 2 N–H and O–H groups in total. The van der Waals surface area contributed by atoms with Crippen LogP contribution in [-0.2, 0) is 17.9 Å². The minimum Gasteiger partial charge on any atom is -0.377 e. The van der Waals surface area contributed by atoms with Crippen molar-refractivity contribution in [1.29, 1.82) is 0 Å². The van der Waals surface area contributed by atoms with E-state index < -0.39 is 0 Å². The first-order valence-corrected chi connectivity index (χ1v) is 4.33. The zero-order valence-electron chi connectivity index (χ0n) is 7.72. The lowest BCUT2D eigenvalue weighted by Gasteiger charge is -2.04. The number of hydrogen-bond donors (Lipinski definition) is 1. The molecule has 0 heterocycles. The number of ether oxygens (including phenoxy) is 1. The minimum absolute atomic E-state index is 0.228. The molecule has 3 heteroatoms. The Bertz CT molecular complexity index is 276. The van der Waals surface area contributed by atoms with Gasteiger partial charge in [0.05, 0.1) is 6.61 Å². The van der Waals surface area contributed by atoms with Crippen LogP contribution in [0.4, 0.5) is 4.39 Å². The smallest absolute Gasteiger partial charge is 0.127 e. The third kappa shape index (κ3) is 2.79. The van der Waals surface area contributed by atoms with Crippen molar-refractivity contribution in [3.8, 4) is 0 Å². The van der Waals surface area contributed by atoms with Crippen molar-refractivity contribution >= 4 is 0 Å². The molecule has 1 aromatic carbocycles. The summed E-state index contributed by atoms with van der Waals surface area (Å²) in [6.45, 7) is 3.33. The van der Waals surface area contributed by atoms with Crippen molar-refractivity contribution < 1.29 is 9.13 Å². The third-order valence-electron chi connectivity index (χ3n) is 1.80. The minimum atomic E-state index is -0.247. The van der Waals surface area contributed by atoms with Gasteiger partial charge in [0.25, 0.3) is 0 Å². The Morgan fingerprint density at radius 2 is 2.23 bits per heavy atom. The van der Waals surface area contributed by atoms with Crippen LogP contribution in [0.25, 0.3) is 0 Å². The summed E-state index contributed by atoms with van der Waals surface area (Å²) >= 11 is 0. The summed E-state index contributed by atoms with van der Waals surface area (Å²) in [5.74, 6) is -0.247. The molecule has 1 rings (SSSR count). The van der Waals surface area contributed by atoms with Crippen LogP contribution >= 0.6 is 0 Å². The largest absolute Gasteiger partial charge is 0.377 e. The number of benzene rings is 1.